The maximum Gasteiger partial charge on any atom is 0.291 e. The lowest BCUT2D eigenvalue weighted by Crippen LogP contribution is -2.32. The molecule has 2 aromatic rings. The summed E-state index contributed by atoms with van der Waals surface area (Å²) in [6.07, 6.45) is 1.48. The third-order valence-electron chi connectivity index (χ3n) is 2.09. The maximum absolute atomic E-state index is 9.58. The summed E-state index contributed by atoms with van der Waals surface area (Å²) in [5, 5.41) is 10.9. The summed E-state index contributed by atoms with van der Waals surface area (Å²) < 4.78 is 1.05. The van der Waals surface area contributed by atoms with E-state index in [1.807, 2.05) is 18.2 Å². The molecule has 0 bridgehead atoms. The molecule has 1 heterocycles. The first-order chi connectivity index (χ1) is 7.75. The molecule has 0 saturated heterocycles. The van der Waals surface area contributed by atoms with Crippen molar-refractivity contribution in [2.24, 2.45) is 0 Å². The standard InChI is InChI=1S/C12H11ClNOS/c13-11-6-7-12(14(15)8-11)16-9-10-4-2-1-3-5-10/h1-8,15H,9H2/q+1. The molecule has 0 amide bonds. The molecule has 2 rings (SSSR count). The molecule has 1 N–H and O–H groups in total. The molecule has 16 heavy (non-hydrogen) atoms. The van der Waals surface area contributed by atoms with Gasteiger partial charge in [-0.3, -0.25) is 5.21 Å². The lowest BCUT2D eigenvalue weighted by Gasteiger charge is -1.98. The zero-order chi connectivity index (χ0) is 11.4. The monoisotopic (exact) mass is 252 g/mol. The Bertz CT molecular complexity index is 476. The first-order valence-corrected chi connectivity index (χ1v) is 6.19. The van der Waals surface area contributed by atoms with Crippen molar-refractivity contribution in [1.29, 1.82) is 0 Å². The van der Waals surface area contributed by atoms with Crippen LogP contribution in [0.15, 0.2) is 53.7 Å². The Balaban J connectivity index is 2.05. The van der Waals surface area contributed by atoms with Crippen LogP contribution in [0, 0.1) is 0 Å². The van der Waals surface area contributed by atoms with Crippen LogP contribution >= 0.6 is 23.4 Å². The zero-order valence-electron chi connectivity index (χ0n) is 8.51. The number of pyridine rings is 1. The van der Waals surface area contributed by atoms with E-state index in [-0.39, 0.29) is 0 Å². The summed E-state index contributed by atoms with van der Waals surface area (Å²) in [6, 6.07) is 13.7. The highest BCUT2D eigenvalue weighted by molar-refractivity contribution is 7.98. The zero-order valence-corrected chi connectivity index (χ0v) is 10.1. The van der Waals surface area contributed by atoms with Gasteiger partial charge in [-0.05, 0) is 23.4 Å². The molecule has 2 nitrogen and oxygen atoms in total. The van der Waals surface area contributed by atoms with Crippen LogP contribution in [-0.2, 0) is 5.75 Å². The number of thioether (sulfide) groups is 1. The van der Waals surface area contributed by atoms with Gasteiger partial charge in [-0.1, -0.05) is 41.9 Å². The second kappa shape index (κ2) is 5.23. The first-order valence-electron chi connectivity index (χ1n) is 4.83. The third kappa shape index (κ3) is 2.90. The van der Waals surface area contributed by atoms with E-state index in [4.69, 9.17) is 11.6 Å². The second-order valence-electron chi connectivity index (χ2n) is 3.30. The van der Waals surface area contributed by atoms with E-state index in [2.05, 4.69) is 12.1 Å². The number of aromatic nitrogens is 1. The highest BCUT2D eigenvalue weighted by Crippen LogP contribution is 2.20. The Morgan fingerprint density at radius 2 is 1.88 bits per heavy atom. The molecule has 0 aliphatic heterocycles. The average molecular weight is 253 g/mol. The first kappa shape index (κ1) is 11.3. The third-order valence-corrected chi connectivity index (χ3v) is 3.41. The highest BCUT2D eigenvalue weighted by atomic mass is 35.5. The molecule has 0 spiro atoms. The summed E-state index contributed by atoms with van der Waals surface area (Å²) in [4.78, 5) is 0. The topological polar surface area (TPSA) is 24.1 Å². The minimum absolute atomic E-state index is 0.520. The van der Waals surface area contributed by atoms with Crippen molar-refractivity contribution >= 4 is 23.4 Å². The molecule has 0 aliphatic carbocycles. The highest BCUT2D eigenvalue weighted by Gasteiger charge is 2.11. The Hall–Kier alpha value is -1.19. The van der Waals surface area contributed by atoms with Gasteiger partial charge in [-0.25, -0.2) is 0 Å². The van der Waals surface area contributed by atoms with Gasteiger partial charge in [-0.15, -0.1) is 0 Å². The van der Waals surface area contributed by atoms with E-state index in [9.17, 15) is 5.21 Å². The molecule has 1 aromatic heterocycles. The molecule has 1 aromatic carbocycles. The Morgan fingerprint density at radius 3 is 2.56 bits per heavy atom. The molecule has 0 unspecified atom stereocenters. The van der Waals surface area contributed by atoms with Crippen LogP contribution in [0.25, 0.3) is 0 Å². The Morgan fingerprint density at radius 1 is 1.12 bits per heavy atom. The van der Waals surface area contributed by atoms with Crippen LogP contribution < -0.4 is 4.73 Å². The van der Waals surface area contributed by atoms with Gasteiger partial charge in [0, 0.05) is 16.5 Å². The van der Waals surface area contributed by atoms with Crippen molar-refractivity contribution in [3.05, 3.63) is 59.2 Å². The van der Waals surface area contributed by atoms with Crippen molar-refractivity contribution in [3.63, 3.8) is 0 Å². The Labute approximate surface area is 103 Å². The van der Waals surface area contributed by atoms with Gasteiger partial charge < -0.3 is 0 Å². The van der Waals surface area contributed by atoms with Crippen molar-refractivity contribution in [1.82, 2.24) is 0 Å². The molecule has 0 radical (unpaired) electrons. The molecule has 0 atom stereocenters. The van der Waals surface area contributed by atoms with E-state index in [1.165, 1.54) is 11.8 Å². The van der Waals surface area contributed by atoms with Crippen molar-refractivity contribution in [2.75, 3.05) is 0 Å². The van der Waals surface area contributed by atoms with Gasteiger partial charge >= 0.3 is 0 Å². The molecular weight excluding hydrogens is 242 g/mol. The van der Waals surface area contributed by atoms with Crippen LogP contribution in [0.3, 0.4) is 0 Å². The normalized spacial score (nSPS) is 10.3. The fraction of sp³-hybridized carbons (Fsp3) is 0.0833. The molecule has 82 valence electrons. The van der Waals surface area contributed by atoms with Crippen LogP contribution in [0.5, 0.6) is 0 Å². The lowest BCUT2D eigenvalue weighted by atomic mass is 10.2. The van der Waals surface area contributed by atoms with Crippen molar-refractivity contribution in [3.8, 4) is 0 Å². The number of hydrogen-bond acceptors (Lipinski definition) is 2. The second-order valence-corrected chi connectivity index (χ2v) is 4.74. The number of nitrogens with zero attached hydrogens (tertiary/aromatic N) is 1. The summed E-state index contributed by atoms with van der Waals surface area (Å²) in [7, 11) is 0. The van der Waals surface area contributed by atoms with Crippen LogP contribution in [0.4, 0.5) is 0 Å². The number of benzene rings is 1. The Kier molecular flexibility index (Phi) is 3.70. The minimum atomic E-state index is 0.520. The van der Waals surface area contributed by atoms with Gasteiger partial charge in [0.2, 0.25) is 6.20 Å². The number of halogens is 1. The summed E-state index contributed by atoms with van der Waals surface area (Å²) in [5.41, 5.74) is 1.22. The SMILES string of the molecule is O[n+]1cc(Cl)ccc1SCc1ccccc1. The van der Waals surface area contributed by atoms with E-state index < -0.39 is 0 Å². The molecule has 4 heteroatoms. The summed E-state index contributed by atoms with van der Waals surface area (Å²) >= 11 is 7.31. The van der Waals surface area contributed by atoms with Crippen LogP contribution in [0.2, 0.25) is 5.02 Å². The lowest BCUT2D eigenvalue weighted by molar-refractivity contribution is -0.932. The van der Waals surface area contributed by atoms with Crippen molar-refractivity contribution in [2.45, 2.75) is 10.8 Å². The summed E-state index contributed by atoms with van der Waals surface area (Å²) in [6.45, 7) is 0. The quantitative estimate of drug-likeness (QED) is 0.516. The molecular formula is C12H11ClNOS+. The van der Waals surface area contributed by atoms with E-state index in [0.717, 1.165) is 15.5 Å². The van der Waals surface area contributed by atoms with Crippen LogP contribution in [-0.4, -0.2) is 5.21 Å². The van der Waals surface area contributed by atoms with Gasteiger partial charge in [0.05, 0.1) is 0 Å². The average Bonchev–Trinajstić information content (AvgIpc) is 2.29. The molecule has 0 aliphatic rings. The minimum Gasteiger partial charge on any atom is -0.284 e. The number of hydrogen-bond donors (Lipinski definition) is 1. The predicted octanol–water partition coefficient (Wildman–Crippen LogP) is 3.16. The largest absolute Gasteiger partial charge is 0.291 e. The fourth-order valence-electron chi connectivity index (χ4n) is 1.30. The fourth-order valence-corrected chi connectivity index (χ4v) is 2.31. The van der Waals surface area contributed by atoms with Gasteiger partial charge in [-0.2, -0.15) is 0 Å². The maximum atomic E-state index is 9.58. The van der Waals surface area contributed by atoms with Crippen molar-refractivity contribution < 1.29 is 9.94 Å². The molecule has 0 saturated carbocycles. The van der Waals surface area contributed by atoms with Gasteiger partial charge in [0.25, 0.3) is 5.03 Å². The summed E-state index contributed by atoms with van der Waals surface area (Å²) in [5.74, 6) is 0.822. The van der Waals surface area contributed by atoms with E-state index in [1.54, 1.807) is 23.9 Å². The smallest absolute Gasteiger partial charge is 0.284 e. The van der Waals surface area contributed by atoms with E-state index >= 15 is 0 Å². The van der Waals surface area contributed by atoms with Gasteiger partial charge in [0.15, 0.2) is 0 Å². The van der Waals surface area contributed by atoms with Crippen LogP contribution in [0.1, 0.15) is 5.56 Å². The predicted molar refractivity (Wildman–Crippen MR) is 64.8 cm³/mol. The molecule has 0 fully saturated rings. The number of rotatable bonds is 3. The van der Waals surface area contributed by atoms with E-state index in [0.29, 0.717) is 5.02 Å². The van der Waals surface area contributed by atoms with Gasteiger partial charge in [0.1, 0.15) is 5.02 Å².